The van der Waals surface area contributed by atoms with Crippen molar-refractivity contribution in [2.24, 2.45) is 0 Å². The lowest BCUT2D eigenvalue weighted by atomic mass is 10.2. The van der Waals surface area contributed by atoms with Gasteiger partial charge in [-0.2, -0.15) is 10.2 Å². The molecule has 0 atom stereocenters. The van der Waals surface area contributed by atoms with Gasteiger partial charge in [-0.3, -0.25) is 0 Å². The van der Waals surface area contributed by atoms with Crippen LogP contribution >= 0.6 is 0 Å². The molecule has 0 spiro atoms. The molecule has 0 unspecified atom stereocenters. The Kier molecular flexibility index (Phi) is 2.94. The quantitative estimate of drug-likeness (QED) is 0.712. The molecule has 1 aromatic carbocycles. The Labute approximate surface area is 113 Å². The molecule has 0 amide bonds. The van der Waals surface area contributed by atoms with Gasteiger partial charge < -0.3 is 4.52 Å². The lowest BCUT2D eigenvalue weighted by Gasteiger charge is -1.94. The minimum Gasteiger partial charge on any atom is -0.334 e. The first-order valence-corrected chi connectivity index (χ1v) is 5.72. The molecule has 0 saturated carbocycles. The Bertz CT molecular complexity index is 789. The van der Waals surface area contributed by atoms with Crippen LogP contribution in [0.4, 0.5) is 4.39 Å². The molecule has 2 aromatic heterocycles. The standard InChI is InChI=1S/C14H7FN4O/c15-11-3-1-9(2-4-11)13-18-14(20-19-13)10-5-6-17-12(7-10)8-16/h1-7H. The minimum absolute atomic E-state index is 0.268. The first-order chi connectivity index (χ1) is 9.76. The van der Waals surface area contributed by atoms with Crippen molar-refractivity contribution in [1.82, 2.24) is 15.1 Å². The highest BCUT2D eigenvalue weighted by molar-refractivity contribution is 5.60. The van der Waals surface area contributed by atoms with E-state index in [1.165, 1.54) is 18.3 Å². The lowest BCUT2D eigenvalue weighted by Crippen LogP contribution is -1.85. The molecule has 0 radical (unpaired) electrons. The van der Waals surface area contributed by atoms with E-state index in [0.717, 1.165) is 0 Å². The first-order valence-electron chi connectivity index (χ1n) is 5.72. The minimum atomic E-state index is -0.328. The fraction of sp³-hybridized carbons (Fsp3) is 0. The zero-order valence-electron chi connectivity index (χ0n) is 10.1. The number of aromatic nitrogens is 3. The van der Waals surface area contributed by atoms with Crippen LogP contribution < -0.4 is 0 Å². The fourth-order valence-corrected chi connectivity index (χ4v) is 1.68. The van der Waals surface area contributed by atoms with E-state index in [0.29, 0.717) is 17.0 Å². The summed E-state index contributed by atoms with van der Waals surface area (Å²) < 4.78 is 18.0. The lowest BCUT2D eigenvalue weighted by molar-refractivity contribution is 0.432. The number of pyridine rings is 1. The third-order valence-electron chi connectivity index (χ3n) is 2.65. The topological polar surface area (TPSA) is 75.6 Å². The summed E-state index contributed by atoms with van der Waals surface area (Å²) in [6.07, 6.45) is 1.50. The summed E-state index contributed by atoms with van der Waals surface area (Å²) in [5, 5.41) is 12.6. The summed E-state index contributed by atoms with van der Waals surface area (Å²) in [6, 6.07) is 10.9. The van der Waals surface area contributed by atoms with E-state index in [1.807, 2.05) is 6.07 Å². The summed E-state index contributed by atoms with van der Waals surface area (Å²) in [5.74, 6) is 0.309. The van der Waals surface area contributed by atoms with Crippen molar-refractivity contribution in [2.75, 3.05) is 0 Å². The molecule has 96 valence electrons. The number of benzene rings is 1. The maximum absolute atomic E-state index is 12.9. The van der Waals surface area contributed by atoms with Crippen molar-refractivity contribution in [3.8, 4) is 28.9 Å². The van der Waals surface area contributed by atoms with E-state index in [1.54, 1.807) is 24.3 Å². The van der Waals surface area contributed by atoms with Crippen LogP contribution in [-0.4, -0.2) is 15.1 Å². The van der Waals surface area contributed by atoms with Crippen LogP contribution in [0.15, 0.2) is 47.1 Å². The molecule has 0 N–H and O–H groups in total. The van der Waals surface area contributed by atoms with Gasteiger partial charge in [0.05, 0.1) is 0 Å². The van der Waals surface area contributed by atoms with Crippen LogP contribution in [0.1, 0.15) is 5.69 Å². The summed E-state index contributed by atoms with van der Waals surface area (Å²) in [4.78, 5) is 8.08. The van der Waals surface area contributed by atoms with E-state index < -0.39 is 0 Å². The number of hydrogen-bond acceptors (Lipinski definition) is 5. The molecule has 0 fully saturated rings. The van der Waals surface area contributed by atoms with Gasteiger partial charge in [-0.1, -0.05) is 5.16 Å². The van der Waals surface area contributed by atoms with Gasteiger partial charge in [-0.15, -0.1) is 0 Å². The van der Waals surface area contributed by atoms with Gasteiger partial charge in [0, 0.05) is 17.3 Å². The predicted octanol–water partition coefficient (Wildman–Crippen LogP) is 2.81. The third-order valence-corrected chi connectivity index (χ3v) is 2.65. The van der Waals surface area contributed by atoms with Crippen LogP contribution in [-0.2, 0) is 0 Å². The summed E-state index contributed by atoms with van der Waals surface area (Å²) in [5.41, 5.74) is 1.53. The normalized spacial score (nSPS) is 10.2. The van der Waals surface area contributed by atoms with Crippen LogP contribution in [0.25, 0.3) is 22.8 Å². The van der Waals surface area contributed by atoms with Crippen LogP contribution in [0.2, 0.25) is 0 Å². The number of halogens is 1. The SMILES string of the molecule is N#Cc1cc(-c2nc(-c3ccc(F)cc3)no2)ccn1. The molecule has 3 rings (SSSR count). The molecule has 3 aromatic rings. The first kappa shape index (κ1) is 12.0. The van der Waals surface area contributed by atoms with Crippen molar-refractivity contribution in [2.45, 2.75) is 0 Å². The number of nitrogens with zero attached hydrogens (tertiary/aromatic N) is 4. The van der Waals surface area contributed by atoms with E-state index in [-0.39, 0.29) is 17.4 Å². The Morgan fingerprint density at radius 2 is 1.90 bits per heavy atom. The second-order valence-electron chi connectivity index (χ2n) is 3.97. The average Bonchev–Trinajstić information content (AvgIpc) is 2.98. The summed E-state index contributed by atoms with van der Waals surface area (Å²) >= 11 is 0. The van der Waals surface area contributed by atoms with Crippen LogP contribution in [0, 0.1) is 17.1 Å². The largest absolute Gasteiger partial charge is 0.334 e. The maximum atomic E-state index is 12.9. The maximum Gasteiger partial charge on any atom is 0.258 e. The van der Waals surface area contributed by atoms with Gasteiger partial charge in [0.15, 0.2) is 0 Å². The molecule has 0 saturated heterocycles. The van der Waals surface area contributed by atoms with Gasteiger partial charge in [0.25, 0.3) is 5.89 Å². The Morgan fingerprint density at radius 1 is 1.10 bits per heavy atom. The van der Waals surface area contributed by atoms with Crippen LogP contribution in [0.3, 0.4) is 0 Å². The zero-order chi connectivity index (χ0) is 13.9. The van der Waals surface area contributed by atoms with Crippen molar-refractivity contribution < 1.29 is 8.91 Å². The Morgan fingerprint density at radius 3 is 2.65 bits per heavy atom. The predicted molar refractivity (Wildman–Crippen MR) is 67.6 cm³/mol. The second kappa shape index (κ2) is 4.90. The highest BCUT2D eigenvalue weighted by atomic mass is 19.1. The van der Waals surface area contributed by atoms with Crippen LogP contribution in [0.5, 0.6) is 0 Å². The van der Waals surface area contributed by atoms with Gasteiger partial charge in [-0.25, -0.2) is 9.37 Å². The highest BCUT2D eigenvalue weighted by Gasteiger charge is 2.11. The van der Waals surface area contributed by atoms with Crippen molar-refractivity contribution in [1.29, 1.82) is 5.26 Å². The van der Waals surface area contributed by atoms with E-state index in [2.05, 4.69) is 15.1 Å². The smallest absolute Gasteiger partial charge is 0.258 e. The monoisotopic (exact) mass is 266 g/mol. The fourth-order valence-electron chi connectivity index (χ4n) is 1.68. The molecule has 2 heterocycles. The van der Waals surface area contributed by atoms with Crippen molar-refractivity contribution in [3.63, 3.8) is 0 Å². The molecule has 6 heteroatoms. The van der Waals surface area contributed by atoms with Gasteiger partial charge >= 0.3 is 0 Å². The number of hydrogen-bond donors (Lipinski definition) is 0. The molecule has 5 nitrogen and oxygen atoms in total. The van der Waals surface area contributed by atoms with Gasteiger partial charge in [0.2, 0.25) is 5.82 Å². The molecule has 20 heavy (non-hydrogen) atoms. The van der Waals surface area contributed by atoms with Crippen molar-refractivity contribution in [3.05, 3.63) is 54.1 Å². The molecule has 0 bridgehead atoms. The zero-order valence-corrected chi connectivity index (χ0v) is 10.1. The average molecular weight is 266 g/mol. The Hall–Kier alpha value is -3.07. The third kappa shape index (κ3) is 2.24. The van der Waals surface area contributed by atoms with E-state index in [4.69, 9.17) is 9.78 Å². The molecule has 0 aliphatic carbocycles. The molecule has 0 aliphatic rings. The Balaban J connectivity index is 1.97. The molecular formula is C14H7FN4O. The van der Waals surface area contributed by atoms with Gasteiger partial charge in [-0.05, 0) is 36.4 Å². The molecular weight excluding hydrogens is 259 g/mol. The van der Waals surface area contributed by atoms with Crippen molar-refractivity contribution >= 4 is 0 Å². The number of nitriles is 1. The summed E-state index contributed by atoms with van der Waals surface area (Å²) in [6.45, 7) is 0. The summed E-state index contributed by atoms with van der Waals surface area (Å²) in [7, 11) is 0. The van der Waals surface area contributed by atoms with Gasteiger partial charge in [0.1, 0.15) is 17.6 Å². The van der Waals surface area contributed by atoms with E-state index >= 15 is 0 Å². The highest BCUT2D eigenvalue weighted by Crippen LogP contribution is 2.22. The number of rotatable bonds is 2. The second-order valence-corrected chi connectivity index (χ2v) is 3.97. The van der Waals surface area contributed by atoms with E-state index in [9.17, 15) is 4.39 Å². The molecule has 0 aliphatic heterocycles.